The molecule has 0 radical (unpaired) electrons. The Morgan fingerprint density at radius 2 is 2.00 bits per heavy atom. The molecule has 3 heteroatoms. The van der Waals surface area contributed by atoms with Crippen LogP contribution in [-0.4, -0.2) is 43.5 Å². The van der Waals surface area contributed by atoms with E-state index in [1.807, 2.05) is 0 Å². The zero-order valence-electron chi connectivity index (χ0n) is 11.3. The highest BCUT2D eigenvalue weighted by Gasteiger charge is 2.30. The van der Waals surface area contributed by atoms with Crippen LogP contribution in [0.2, 0.25) is 0 Å². The van der Waals surface area contributed by atoms with Crippen LogP contribution in [0.5, 0.6) is 0 Å². The van der Waals surface area contributed by atoms with Crippen LogP contribution in [0.15, 0.2) is 24.3 Å². The Labute approximate surface area is 109 Å². The lowest BCUT2D eigenvalue weighted by atomic mass is 9.93. The molecule has 0 saturated carbocycles. The Balaban J connectivity index is 2.01. The number of ketones is 1. The average molecular weight is 247 g/mol. The zero-order chi connectivity index (χ0) is 13.1. The van der Waals surface area contributed by atoms with Gasteiger partial charge in [0.05, 0.1) is 12.0 Å². The summed E-state index contributed by atoms with van der Waals surface area (Å²) >= 11 is 0. The van der Waals surface area contributed by atoms with Gasteiger partial charge in [-0.2, -0.15) is 0 Å². The van der Waals surface area contributed by atoms with Crippen LogP contribution in [0.3, 0.4) is 0 Å². The van der Waals surface area contributed by atoms with Crippen molar-refractivity contribution in [2.75, 3.05) is 26.7 Å². The molecule has 1 aromatic rings. The molecular weight excluding hydrogens is 226 g/mol. The fourth-order valence-electron chi connectivity index (χ4n) is 2.35. The minimum Gasteiger partial charge on any atom is -0.379 e. The summed E-state index contributed by atoms with van der Waals surface area (Å²) in [4.78, 5) is 14.1. The molecule has 1 heterocycles. The molecule has 1 fully saturated rings. The van der Waals surface area contributed by atoms with Gasteiger partial charge in [-0.15, -0.1) is 0 Å². The van der Waals surface area contributed by atoms with E-state index in [0.29, 0.717) is 6.10 Å². The predicted octanol–water partition coefficient (Wildman–Crippen LogP) is 2.00. The Hall–Kier alpha value is -1.19. The van der Waals surface area contributed by atoms with Gasteiger partial charge in [0.2, 0.25) is 0 Å². The average Bonchev–Trinajstić information content (AvgIpc) is 2.29. The van der Waals surface area contributed by atoms with E-state index in [9.17, 15) is 4.79 Å². The van der Waals surface area contributed by atoms with Crippen molar-refractivity contribution in [3.8, 4) is 0 Å². The molecule has 3 nitrogen and oxygen atoms in total. The molecule has 0 bridgehead atoms. The number of likely N-dealkylation sites (tertiary alicyclic amines) is 1. The van der Waals surface area contributed by atoms with Crippen LogP contribution in [0.1, 0.15) is 24.0 Å². The van der Waals surface area contributed by atoms with E-state index < -0.39 is 0 Å². The molecule has 18 heavy (non-hydrogen) atoms. The molecule has 1 saturated heterocycles. The van der Waals surface area contributed by atoms with Crippen molar-refractivity contribution in [2.24, 2.45) is 0 Å². The van der Waals surface area contributed by atoms with Crippen molar-refractivity contribution in [3.05, 3.63) is 35.4 Å². The lowest BCUT2D eigenvalue weighted by Gasteiger charge is -2.39. The second-order valence-electron chi connectivity index (χ2n) is 5.15. The number of carbonyl (C=O) groups is 1. The molecule has 2 rings (SSSR count). The maximum atomic E-state index is 11.8. The predicted molar refractivity (Wildman–Crippen MR) is 71.8 cm³/mol. The van der Waals surface area contributed by atoms with Gasteiger partial charge >= 0.3 is 0 Å². The quantitative estimate of drug-likeness (QED) is 0.797. The molecule has 0 N–H and O–H groups in total. The largest absolute Gasteiger partial charge is 0.379 e. The first kappa shape index (κ1) is 13.2. The second kappa shape index (κ2) is 5.63. The number of Topliss-reactive ketones (excluding diaryl/α,β-unsaturated/α-hetero) is 1. The van der Waals surface area contributed by atoms with E-state index in [2.05, 4.69) is 36.1 Å². The number of nitrogens with zero attached hydrogens (tertiary/aromatic N) is 1. The number of methoxy groups -OCH3 is 1. The van der Waals surface area contributed by atoms with Gasteiger partial charge in [0.25, 0.3) is 0 Å². The molecule has 0 amide bonds. The van der Waals surface area contributed by atoms with E-state index in [-0.39, 0.29) is 11.7 Å². The highest BCUT2D eigenvalue weighted by atomic mass is 16.5. The second-order valence-corrected chi connectivity index (χ2v) is 5.15. The van der Waals surface area contributed by atoms with Crippen LogP contribution < -0.4 is 0 Å². The molecule has 0 aromatic heterocycles. The third-order valence-electron chi connectivity index (χ3n) is 3.67. The number of rotatable bonds is 5. The lowest BCUT2D eigenvalue weighted by molar-refractivity contribution is -0.120. The molecule has 0 spiro atoms. The van der Waals surface area contributed by atoms with E-state index in [1.165, 1.54) is 5.56 Å². The lowest BCUT2D eigenvalue weighted by Crippen LogP contribution is -2.53. The number of aryl methyl sites for hydroxylation is 1. The van der Waals surface area contributed by atoms with Crippen molar-refractivity contribution in [3.63, 3.8) is 0 Å². The van der Waals surface area contributed by atoms with Gasteiger partial charge in [-0.1, -0.05) is 29.8 Å². The summed E-state index contributed by atoms with van der Waals surface area (Å²) in [6.45, 7) is 6.42. The monoisotopic (exact) mass is 247 g/mol. The minimum absolute atomic E-state index is 0.0107. The molecule has 0 aliphatic carbocycles. The smallest absolute Gasteiger partial charge is 0.138 e. The maximum Gasteiger partial charge on any atom is 0.138 e. The van der Waals surface area contributed by atoms with Crippen molar-refractivity contribution in [2.45, 2.75) is 25.9 Å². The van der Waals surface area contributed by atoms with Gasteiger partial charge in [-0.25, -0.2) is 0 Å². The number of ether oxygens (including phenoxy) is 1. The minimum atomic E-state index is -0.0107. The van der Waals surface area contributed by atoms with E-state index in [0.717, 1.165) is 25.2 Å². The van der Waals surface area contributed by atoms with Gasteiger partial charge in [0.1, 0.15) is 5.78 Å². The summed E-state index contributed by atoms with van der Waals surface area (Å²) in [5, 5.41) is 0. The van der Waals surface area contributed by atoms with Crippen LogP contribution in [0, 0.1) is 6.92 Å². The number of hydrogen-bond donors (Lipinski definition) is 0. The Kier molecular flexibility index (Phi) is 4.15. The first-order valence-electron chi connectivity index (χ1n) is 6.42. The van der Waals surface area contributed by atoms with E-state index in [1.54, 1.807) is 14.0 Å². The van der Waals surface area contributed by atoms with Gasteiger partial charge in [-0.3, -0.25) is 9.69 Å². The van der Waals surface area contributed by atoms with Gasteiger partial charge in [0, 0.05) is 26.7 Å². The standard InChI is InChI=1S/C15H21NO2/c1-11-4-6-13(7-5-11)15(12(2)17)10-16-8-14(9-16)18-3/h4-7,14-15H,8-10H2,1-3H3. The maximum absolute atomic E-state index is 11.8. The fourth-order valence-corrected chi connectivity index (χ4v) is 2.35. The normalized spacial score (nSPS) is 18.4. The highest BCUT2D eigenvalue weighted by Crippen LogP contribution is 2.22. The zero-order valence-corrected chi connectivity index (χ0v) is 11.3. The van der Waals surface area contributed by atoms with Gasteiger partial charge in [-0.05, 0) is 19.4 Å². The SMILES string of the molecule is COC1CN(CC(C(C)=O)c2ccc(C)cc2)C1. The van der Waals surface area contributed by atoms with Crippen molar-refractivity contribution < 1.29 is 9.53 Å². The Morgan fingerprint density at radius 3 is 2.50 bits per heavy atom. The summed E-state index contributed by atoms with van der Waals surface area (Å²) < 4.78 is 5.25. The van der Waals surface area contributed by atoms with Crippen LogP contribution in [0.4, 0.5) is 0 Å². The van der Waals surface area contributed by atoms with Crippen molar-refractivity contribution >= 4 is 5.78 Å². The van der Waals surface area contributed by atoms with Crippen LogP contribution >= 0.6 is 0 Å². The third kappa shape index (κ3) is 2.98. The fraction of sp³-hybridized carbons (Fsp3) is 0.533. The summed E-state index contributed by atoms with van der Waals surface area (Å²) in [5.41, 5.74) is 2.35. The molecule has 1 unspecified atom stereocenters. The molecule has 1 aromatic carbocycles. The first-order valence-corrected chi connectivity index (χ1v) is 6.42. The molecule has 98 valence electrons. The van der Waals surface area contributed by atoms with Crippen LogP contribution in [0.25, 0.3) is 0 Å². The number of carbonyl (C=O) groups excluding carboxylic acids is 1. The van der Waals surface area contributed by atoms with E-state index >= 15 is 0 Å². The van der Waals surface area contributed by atoms with E-state index in [4.69, 9.17) is 4.74 Å². The summed E-state index contributed by atoms with van der Waals surface area (Å²) in [5.74, 6) is 0.225. The molecular formula is C15H21NO2. The van der Waals surface area contributed by atoms with Crippen molar-refractivity contribution in [1.82, 2.24) is 4.90 Å². The van der Waals surface area contributed by atoms with Gasteiger partial charge in [0.15, 0.2) is 0 Å². The van der Waals surface area contributed by atoms with Crippen molar-refractivity contribution in [1.29, 1.82) is 0 Å². The third-order valence-corrected chi connectivity index (χ3v) is 3.67. The topological polar surface area (TPSA) is 29.5 Å². The first-order chi connectivity index (χ1) is 8.60. The summed E-state index contributed by atoms with van der Waals surface area (Å²) in [6.07, 6.45) is 0.343. The molecule has 1 atom stereocenters. The Bertz CT molecular complexity index is 407. The summed E-state index contributed by atoms with van der Waals surface area (Å²) in [7, 11) is 1.74. The summed E-state index contributed by atoms with van der Waals surface area (Å²) in [6, 6.07) is 8.27. The highest BCUT2D eigenvalue weighted by molar-refractivity contribution is 5.83. The van der Waals surface area contributed by atoms with Crippen LogP contribution in [-0.2, 0) is 9.53 Å². The number of hydrogen-bond acceptors (Lipinski definition) is 3. The Morgan fingerprint density at radius 1 is 1.39 bits per heavy atom. The number of benzene rings is 1. The van der Waals surface area contributed by atoms with Gasteiger partial charge < -0.3 is 4.74 Å². The molecule has 1 aliphatic rings. The molecule has 1 aliphatic heterocycles.